The normalized spacial score (nSPS) is 28.8. The van der Waals surface area contributed by atoms with Gasteiger partial charge < -0.3 is 15.2 Å². The average molecular weight is 297 g/mol. The second-order valence-electron chi connectivity index (χ2n) is 6.55. The molecular weight excluding hydrogens is 270 g/mol. The highest BCUT2D eigenvalue weighted by molar-refractivity contribution is 5.79. The third kappa shape index (κ3) is 4.19. The molecule has 5 heteroatoms. The largest absolute Gasteiger partial charge is 0.481 e. The predicted molar refractivity (Wildman–Crippen MR) is 78.9 cm³/mol. The van der Waals surface area contributed by atoms with Gasteiger partial charge in [-0.05, 0) is 38.5 Å². The van der Waals surface area contributed by atoms with Crippen LogP contribution >= 0.6 is 0 Å². The first-order valence-electron chi connectivity index (χ1n) is 8.12. The molecule has 0 aromatic carbocycles. The van der Waals surface area contributed by atoms with E-state index in [2.05, 4.69) is 5.32 Å². The quantitative estimate of drug-likeness (QED) is 0.816. The van der Waals surface area contributed by atoms with Crippen LogP contribution < -0.4 is 5.32 Å². The van der Waals surface area contributed by atoms with Gasteiger partial charge in [0.25, 0.3) is 0 Å². The van der Waals surface area contributed by atoms with E-state index < -0.39 is 5.97 Å². The van der Waals surface area contributed by atoms with Gasteiger partial charge in [-0.25, -0.2) is 0 Å². The summed E-state index contributed by atoms with van der Waals surface area (Å²) in [5, 5.41) is 12.0. The number of carboxylic acids is 1. The van der Waals surface area contributed by atoms with Gasteiger partial charge in [0.15, 0.2) is 0 Å². The van der Waals surface area contributed by atoms with E-state index in [1.165, 1.54) is 6.42 Å². The zero-order chi connectivity index (χ0) is 15.3. The lowest BCUT2D eigenvalue weighted by Crippen LogP contribution is -2.47. The number of methoxy groups -OCH3 is 1. The van der Waals surface area contributed by atoms with Gasteiger partial charge in [0.2, 0.25) is 5.91 Å². The molecule has 2 saturated carbocycles. The van der Waals surface area contributed by atoms with Crippen LogP contribution in [0.5, 0.6) is 0 Å². The predicted octanol–water partition coefficient (Wildman–Crippen LogP) is 2.34. The first-order valence-corrected chi connectivity index (χ1v) is 8.12. The molecule has 0 aromatic heterocycles. The summed E-state index contributed by atoms with van der Waals surface area (Å²) in [5.74, 6) is -0.953. The number of ether oxygens (including phenoxy) is 1. The van der Waals surface area contributed by atoms with Crippen molar-refractivity contribution in [2.24, 2.45) is 11.8 Å². The van der Waals surface area contributed by atoms with Gasteiger partial charge in [-0.1, -0.05) is 19.3 Å². The van der Waals surface area contributed by atoms with Crippen LogP contribution in [-0.4, -0.2) is 36.2 Å². The second-order valence-corrected chi connectivity index (χ2v) is 6.55. The van der Waals surface area contributed by atoms with Crippen LogP contribution in [0, 0.1) is 11.8 Å². The zero-order valence-electron chi connectivity index (χ0n) is 12.9. The van der Waals surface area contributed by atoms with E-state index in [4.69, 9.17) is 9.84 Å². The number of aliphatic carboxylic acids is 1. The second kappa shape index (κ2) is 7.25. The molecule has 0 radical (unpaired) electrons. The van der Waals surface area contributed by atoms with E-state index in [1.54, 1.807) is 7.11 Å². The lowest BCUT2D eigenvalue weighted by Gasteiger charge is -2.36. The van der Waals surface area contributed by atoms with Crippen molar-refractivity contribution in [3.63, 3.8) is 0 Å². The summed E-state index contributed by atoms with van der Waals surface area (Å²) in [6.45, 7) is 0.585. The molecule has 2 aliphatic rings. The molecule has 2 fully saturated rings. The number of carbonyl (C=O) groups excluding carboxylic acids is 1. The minimum Gasteiger partial charge on any atom is -0.481 e. The van der Waals surface area contributed by atoms with Crippen molar-refractivity contribution in [3.05, 3.63) is 0 Å². The summed E-state index contributed by atoms with van der Waals surface area (Å²) in [7, 11) is 1.73. The van der Waals surface area contributed by atoms with E-state index in [-0.39, 0.29) is 23.3 Å². The number of nitrogens with one attached hydrogen (secondary N) is 1. The number of hydrogen-bond acceptors (Lipinski definition) is 3. The fourth-order valence-corrected chi connectivity index (χ4v) is 3.64. The van der Waals surface area contributed by atoms with Gasteiger partial charge in [0, 0.05) is 19.6 Å². The molecule has 0 saturated heterocycles. The van der Waals surface area contributed by atoms with Crippen LogP contribution in [-0.2, 0) is 14.3 Å². The van der Waals surface area contributed by atoms with E-state index in [0.29, 0.717) is 32.2 Å². The first kappa shape index (κ1) is 16.3. The molecular formula is C16H27NO4. The number of rotatable bonds is 5. The van der Waals surface area contributed by atoms with Crippen molar-refractivity contribution < 1.29 is 19.4 Å². The van der Waals surface area contributed by atoms with Crippen molar-refractivity contribution >= 4 is 11.9 Å². The lowest BCUT2D eigenvalue weighted by atomic mass is 9.81. The molecule has 5 nitrogen and oxygen atoms in total. The van der Waals surface area contributed by atoms with Crippen molar-refractivity contribution in [3.8, 4) is 0 Å². The van der Waals surface area contributed by atoms with Crippen LogP contribution in [0.25, 0.3) is 0 Å². The van der Waals surface area contributed by atoms with E-state index in [0.717, 1.165) is 25.7 Å². The monoisotopic (exact) mass is 297 g/mol. The van der Waals surface area contributed by atoms with Crippen molar-refractivity contribution in [2.75, 3.05) is 13.7 Å². The van der Waals surface area contributed by atoms with Gasteiger partial charge in [-0.15, -0.1) is 0 Å². The minimum absolute atomic E-state index is 0.0295. The Labute approximate surface area is 126 Å². The third-order valence-corrected chi connectivity index (χ3v) is 5.23. The summed E-state index contributed by atoms with van der Waals surface area (Å²) in [6, 6.07) is 0. The van der Waals surface area contributed by atoms with Gasteiger partial charge in [-0.2, -0.15) is 0 Å². The van der Waals surface area contributed by atoms with E-state index in [9.17, 15) is 9.59 Å². The fraction of sp³-hybridized carbons (Fsp3) is 0.875. The minimum atomic E-state index is -0.727. The third-order valence-electron chi connectivity index (χ3n) is 5.23. The number of carbonyl (C=O) groups is 2. The summed E-state index contributed by atoms with van der Waals surface area (Å²) < 4.78 is 5.67. The average Bonchev–Trinajstić information content (AvgIpc) is 2.53. The molecule has 0 heterocycles. The molecule has 0 bridgehead atoms. The molecule has 1 amide bonds. The van der Waals surface area contributed by atoms with Crippen molar-refractivity contribution in [1.29, 1.82) is 0 Å². The Morgan fingerprint density at radius 1 is 1.10 bits per heavy atom. The van der Waals surface area contributed by atoms with Crippen LogP contribution in [0.15, 0.2) is 0 Å². The topological polar surface area (TPSA) is 75.6 Å². The molecule has 0 aliphatic heterocycles. The molecule has 0 atom stereocenters. The Hall–Kier alpha value is -1.10. The number of hydrogen-bond donors (Lipinski definition) is 2. The number of amides is 1. The zero-order valence-corrected chi connectivity index (χ0v) is 12.9. The van der Waals surface area contributed by atoms with Crippen LogP contribution in [0.3, 0.4) is 0 Å². The van der Waals surface area contributed by atoms with Gasteiger partial charge >= 0.3 is 5.97 Å². The Kier molecular flexibility index (Phi) is 5.62. The summed E-state index contributed by atoms with van der Waals surface area (Å²) in [6.07, 6.45) is 8.18. The van der Waals surface area contributed by atoms with Crippen LogP contribution in [0.2, 0.25) is 0 Å². The molecule has 120 valence electrons. The lowest BCUT2D eigenvalue weighted by molar-refractivity contribution is -0.144. The van der Waals surface area contributed by atoms with Gasteiger partial charge in [0.05, 0.1) is 11.5 Å². The first-order chi connectivity index (χ1) is 10.1. The van der Waals surface area contributed by atoms with Crippen molar-refractivity contribution in [2.45, 2.75) is 63.4 Å². The molecule has 0 aromatic rings. The highest BCUT2D eigenvalue weighted by atomic mass is 16.5. The Morgan fingerprint density at radius 3 is 2.19 bits per heavy atom. The summed E-state index contributed by atoms with van der Waals surface area (Å²) in [5.41, 5.74) is -0.188. The van der Waals surface area contributed by atoms with Gasteiger partial charge in [0.1, 0.15) is 0 Å². The van der Waals surface area contributed by atoms with E-state index in [1.807, 2.05) is 0 Å². The van der Waals surface area contributed by atoms with Gasteiger partial charge in [-0.3, -0.25) is 9.59 Å². The number of carboxylic acid groups (broad SMARTS) is 1. The molecule has 2 aliphatic carbocycles. The fourth-order valence-electron chi connectivity index (χ4n) is 3.64. The summed E-state index contributed by atoms with van der Waals surface area (Å²) in [4.78, 5) is 23.2. The molecule has 0 spiro atoms. The Balaban J connectivity index is 1.78. The smallest absolute Gasteiger partial charge is 0.306 e. The van der Waals surface area contributed by atoms with Crippen LogP contribution in [0.1, 0.15) is 57.8 Å². The highest BCUT2D eigenvalue weighted by Crippen LogP contribution is 2.32. The standard InChI is InChI=1S/C16H27NO4/c1-21-16(9-3-2-4-10-16)11-17-14(18)12-5-7-13(8-6-12)15(19)20/h12-13H,2-11H2,1H3,(H,17,18)(H,19,20). The highest BCUT2D eigenvalue weighted by Gasteiger charge is 2.34. The maximum atomic E-state index is 12.3. The van der Waals surface area contributed by atoms with Crippen molar-refractivity contribution in [1.82, 2.24) is 5.32 Å². The maximum Gasteiger partial charge on any atom is 0.306 e. The SMILES string of the molecule is COC1(CNC(=O)C2CCC(C(=O)O)CC2)CCCCC1. The maximum absolute atomic E-state index is 12.3. The molecule has 0 unspecified atom stereocenters. The Bertz CT molecular complexity index is 368. The molecule has 2 N–H and O–H groups in total. The van der Waals surface area contributed by atoms with E-state index >= 15 is 0 Å². The van der Waals surface area contributed by atoms with Crippen LogP contribution in [0.4, 0.5) is 0 Å². The summed E-state index contributed by atoms with van der Waals surface area (Å²) >= 11 is 0. The molecule has 2 rings (SSSR count). The molecule has 21 heavy (non-hydrogen) atoms. The Morgan fingerprint density at radius 2 is 1.67 bits per heavy atom.